The van der Waals surface area contributed by atoms with Crippen LogP contribution >= 0.6 is 11.6 Å². The van der Waals surface area contributed by atoms with Gasteiger partial charge in [0.1, 0.15) is 17.3 Å². The van der Waals surface area contributed by atoms with Gasteiger partial charge in [-0.05, 0) is 13.3 Å². The third-order valence-corrected chi connectivity index (χ3v) is 2.99. The largest absolute Gasteiger partial charge is 0.381 e. The number of ether oxygens (including phenoxy) is 1. The number of aromatic nitrogens is 2. The molecule has 0 saturated carbocycles. The van der Waals surface area contributed by atoms with Crippen LogP contribution in [0.1, 0.15) is 12.0 Å². The zero-order valence-electron chi connectivity index (χ0n) is 8.66. The van der Waals surface area contributed by atoms with Crippen molar-refractivity contribution in [1.29, 1.82) is 0 Å². The Bertz CT molecular complexity index is 339. The highest BCUT2D eigenvalue weighted by Gasteiger charge is 2.15. The van der Waals surface area contributed by atoms with E-state index in [2.05, 4.69) is 15.3 Å². The van der Waals surface area contributed by atoms with E-state index in [1.807, 2.05) is 6.92 Å². The molecule has 0 spiro atoms. The van der Waals surface area contributed by atoms with Crippen LogP contribution in [-0.2, 0) is 4.74 Å². The van der Waals surface area contributed by atoms with Crippen molar-refractivity contribution in [3.63, 3.8) is 0 Å². The third kappa shape index (κ3) is 2.58. The van der Waals surface area contributed by atoms with E-state index in [9.17, 15) is 0 Å². The summed E-state index contributed by atoms with van der Waals surface area (Å²) in [6.45, 7) is 4.50. The smallest absolute Gasteiger partial charge is 0.137 e. The highest BCUT2D eigenvalue weighted by atomic mass is 35.5. The monoisotopic (exact) mass is 227 g/mol. The molecule has 0 aromatic carbocycles. The Morgan fingerprint density at radius 2 is 2.47 bits per heavy atom. The zero-order valence-corrected chi connectivity index (χ0v) is 9.42. The Hall–Kier alpha value is -0.870. The topological polar surface area (TPSA) is 47.0 Å². The predicted octanol–water partition coefficient (Wildman–Crippen LogP) is 1.89. The molecule has 0 aliphatic carbocycles. The van der Waals surface area contributed by atoms with Crippen LogP contribution in [0.25, 0.3) is 0 Å². The Balaban J connectivity index is 1.95. The number of rotatable bonds is 3. The fraction of sp³-hybridized carbons (Fsp3) is 0.600. The average molecular weight is 228 g/mol. The Labute approximate surface area is 94.0 Å². The van der Waals surface area contributed by atoms with Crippen LogP contribution in [0, 0.1) is 12.8 Å². The van der Waals surface area contributed by atoms with Crippen LogP contribution in [0.5, 0.6) is 0 Å². The number of nitrogens with zero attached hydrogens (tertiary/aromatic N) is 2. The van der Waals surface area contributed by atoms with Crippen molar-refractivity contribution in [3.05, 3.63) is 17.0 Å². The number of anilines is 1. The second-order valence-corrected chi connectivity index (χ2v) is 4.11. The van der Waals surface area contributed by atoms with Gasteiger partial charge in [-0.25, -0.2) is 9.97 Å². The molecule has 5 heteroatoms. The second-order valence-electron chi connectivity index (χ2n) is 3.75. The average Bonchev–Trinajstić information content (AvgIpc) is 2.73. The van der Waals surface area contributed by atoms with Gasteiger partial charge in [0.2, 0.25) is 0 Å². The normalized spacial score (nSPS) is 20.5. The highest BCUT2D eigenvalue weighted by Crippen LogP contribution is 2.19. The molecule has 2 heterocycles. The fourth-order valence-electron chi connectivity index (χ4n) is 1.59. The summed E-state index contributed by atoms with van der Waals surface area (Å²) < 4.78 is 5.30. The molecule has 1 atom stereocenters. The van der Waals surface area contributed by atoms with Gasteiger partial charge in [-0.1, -0.05) is 11.6 Å². The van der Waals surface area contributed by atoms with Crippen molar-refractivity contribution in [2.45, 2.75) is 13.3 Å². The fourth-order valence-corrected chi connectivity index (χ4v) is 1.73. The minimum atomic E-state index is 0.509. The molecule has 15 heavy (non-hydrogen) atoms. The first-order valence-electron chi connectivity index (χ1n) is 5.06. The molecular weight excluding hydrogens is 214 g/mol. The first-order valence-corrected chi connectivity index (χ1v) is 5.44. The van der Waals surface area contributed by atoms with Gasteiger partial charge in [0.15, 0.2) is 0 Å². The molecule has 1 saturated heterocycles. The minimum absolute atomic E-state index is 0.509. The Morgan fingerprint density at radius 1 is 1.60 bits per heavy atom. The van der Waals surface area contributed by atoms with Gasteiger partial charge in [0.05, 0.1) is 6.61 Å². The molecule has 1 unspecified atom stereocenters. The van der Waals surface area contributed by atoms with Gasteiger partial charge in [0, 0.05) is 24.6 Å². The number of hydrogen-bond donors (Lipinski definition) is 1. The highest BCUT2D eigenvalue weighted by molar-refractivity contribution is 6.30. The molecular formula is C10H14ClN3O. The molecule has 0 bridgehead atoms. The summed E-state index contributed by atoms with van der Waals surface area (Å²) in [4.78, 5) is 8.06. The zero-order chi connectivity index (χ0) is 10.7. The third-order valence-electron chi connectivity index (χ3n) is 2.60. The van der Waals surface area contributed by atoms with Crippen molar-refractivity contribution >= 4 is 17.4 Å². The van der Waals surface area contributed by atoms with Crippen molar-refractivity contribution in [2.24, 2.45) is 5.92 Å². The van der Waals surface area contributed by atoms with Crippen LogP contribution in [0.4, 0.5) is 5.82 Å². The first kappa shape index (κ1) is 10.6. The summed E-state index contributed by atoms with van der Waals surface area (Å²) in [6, 6.07) is 0. The molecule has 82 valence electrons. The maximum atomic E-state index is 5.89. The number of hydrogen-bond acceptors (Lipinski definition) is 4. The lowest BCUT2D eigenvalue weighted by Crippen LogP contribution is -2.15. The molecule has 1 aliphatic heterocycles. The van der Waals surface area contributed by atoms with Crippen LogP contribution in [-0.4, -0.2) is 29.7 Å². The second kappa shape index (κ2) is 4.77. The molecule has 2 rings (SSSR count). The van der Waals surface area contributed by atoms with Gasteiger partial charge in [-0.3, -0.25) is 0 Å². The van der Waals surface area contributed by atoms with Crippen LogP contribution in [0.15, 0.2) is 6.33 Å². The van der Waals surface area contributed by atoms with Crippen molar-refractivity contribution in [1.82, 2.24) is 9.97 Å². The lowest BCUT2D eigenvalue weighted by atomic mass is 10.1. The standard InChI is InChI=1S/C10H14ClN3O/c1-7-9(11)13-6-14-10(7)12-4-8-2-3-15-5-8/h6,8H,2-5H2,1H3,(H,12,13,14). The molecule has 0 radical (unpaired) electrons. The summed E-state index contributed by atoms with van der Waals surface area (Å²) in [6.07, 6.45) is 2.59. The van der Waals surface area contributed by atoms with E-state index >= 15 is 0 Å². The molecule has 1 aromatic heterocycles. The van der Waals surface area contributed by atoms with E-state index in [-0.39, 0.29) is 0 Å². The van der Waals surface area contributed by atoms with Crippen molar-refractivity contribution in [3.8, 4) is 0 Å². The van der Waals surface area contributed by atoms with E-state index in [4.69, 9.17) is 16.3 Å². The summed E-state index contributed by atoms with van der Waals surface area (Å²) >= 11 is 5.89. The Kier molecular flexibility index (Phi) is 3.38. The molecule has 1 aromatic rings. The van der Waals surface area contributed by atoms with Gasteiger partial charge in [-0.2, -0.15) is 0 Å². The van der Waals surface area contributed by atoms with E-state index in [1.165, 1.54) is 6.33 Å². The van der Waals surface area contributed by atoms with Crippen LogP contribution in [0.2, 0.25) is 5.15 Å². The van der Waals surface area contributed by atoms with Gasteiger partial charge in [-0.15, -0.1) is 0 Å². The first-order chi connectivity index (χ1) is 7.27. The van der Waals surface area contributed by atoms with Crippen molar-refractivity contribution in [2.75, 3.05) is 25.1 Å². The van der Waals surface area contributed by atoms with E-state index in [0.29, 0.717) is 11.1 Å². The van der Waals surface area contributed by atoms with Gasteiger partial charge in [0.25, 0.3) is 0 Å². The van der Waals surface area contributed by atoms with Gasteiger partial charge < -0.3 is 10.1 Å². The molecule has 0 amide bonds. The summed E-state index contributed by atoms with van der Waals surface area (Å²) in [5.41, 5.74) is 0.901. The molecule has 4 nitrogen and oxygen atoms in total. The lowest BCUT2D eigenvalue weighted by Gasteiger charge is -2.11. The van der Waals surface area contributed by atoms with E-state index < -0.39 is 0 Å². The molecule has 1 N–H and O–H groups in total. The summed E-state index contributed by atoms with van der Waals surface area (Å²) in [7, 11) is 0. The molecule has 1 aliphatic rings. The maximum absolute atomic E-state index is 5.89. The van der Waals surface area contributed by atoms with Gasteiger partial charge >= 0.3 is 0 Å². The number of halogens is 1. The lowest BCUT2D eigenvalue weighted by molar-refractivity contribution is 0.187. The SMILES string of the molecule is Cc1c(Cl)ncnc1NCC1CCOC1. The van der Waals surface area contributed by atoms with Crippen LogP contribution < -0.4 is 5.32 Å². The van der Waals surface area contributed by atoms with E-state index in [0.717, 1.165) is 37.6 Å². The Morgan fingerprint density at radius 3 is 3.20 bits per heavy atom. The summed E-state index contributed by atoms with van der Waals surface area (Å²) in [5, 5.41) is 3.79. The van der Waals surface area contributed by atoms with E-state index in [1.54, 1.807) is 0 Å². The predicted molar refractivity (Wildman–Crippen MR) is 59.2 cm³/mol. The number of nitrogens with one attached hydrogen (secondary N) is 1. The quantitative estimate of drug-likeness (QED) is 0.802. The molecule has 1 fully saturated rings. The summed E-state index contributed by atoms with van der Waals surface area (Å²) in [5.74, 6) is 1.40. The minimum Gasteiger partial charge on any atom is -0.381 e. The van der Waals surface area contributed by atoms with Crippen molar-refractivity contribution < 1.29 is 4.74 Å². The maximum Gasteiger partial charge on any atom is 0.137 e. The van der Waals surface area contributed by atoms with Crippen LogP contribution in [0.3, 0.4) is 0 Å².